The van der Waals surface area contributed by atoms with Gasteiger partial charge in [-0.1, -0.05) is 99.6 Å². The molecular weight excluding hydrogens is 593 g/mol. The molecule has 0 radical (unpaired) electrons. The number of hydrogen-bond acceptors (Lipinski definition) is 6. The van der Waals surface area contributed by atoms with Gasteiger partial charge in [-0.2, -0.15) is 0 Å². The van der Waals surface area contributed by atoms with Gasteiger partial charge in [-0.15, -0.1) is 0 Å². The first kappa shape index (κ1) is 35.5. The molecule has 0 spiro atoms. The molecule has 4 aromatic carbocycles. The second-order valence-electron chi connectivity index (χ2n) is 12.8. The maximum Gasteiger partial charge on any atom is 0.337 e. The van der Waals surface area contributed by atoms with Gasteiger partial charge in [0.05, 0.1) is 32.5 Å². The summed E-state index contributed by atoms with van der Waals surface area (Å²) in [4.78, 5) is 25.9. The van der Waals surface area contributed by atoms with Crippen molar-refractivity contribution in [1.82, 2.24) is 4.90 Å². The van der Waals surface area contributed by atoms with Gasteiger partial charge < -0.3 is 14.2 Å². The van der Waals surface area contributed by atoms with E-state index in [9.17, 15) is 9.59 Å². The number of esters is 2. The van der Waals surface area contributed by atoms with Gasteiger partial charge in [0, 0.05) is 25.1 Å². The van der Waals surface area contributed by atoms with E-state index in [0.717, 1.165) is 28.7 Å². The molecule has 4 aromatic rings. The summed E-state index contributed by atoms with van der Waals surface area (Å²) >= 11 is 0. The predicted octanol–water partition coefficient (Wildman–Crippen LogP) is 8.68. The number of benzene rings is 4. The number of carbonyl (C=O) groups is 2. The molecule has 0 amide bonds. The Morgan fingerprint density at radius 3 is 2.11 bits per heavy atom. The van der Waals surface area contributed by atoms with Crippen molar-refractivity contribution in [2.75, 3.05) is 27.3 Å². The number of nitrogens with zero attached hydrogens (tertiary/aromatic N) is 1. The Bertz CT molecular complexity index is 1580. The van der Waals surface area contributed by atoms with Gasteiger partial charge in [-0.05, 0) is 70.8 Å². The molecule has 0 N–H and O–H groups in total. The fourth-order valence-electron chi connectivity index (χ4n) is 5.42. The lowest BCUT2D eigenvalue weighted by Crippen LogP contribution is -2.30. The molecule has 248 valence electrons. The Kier molecular flexibility index (Phi) is 12.9. The number of carbonyl (C=O) groups excluding carboxylic acids is 2. The van der Waals surface area contributed by atoms with E-state index >= 15 is 4.39 Å². The van der Waals surface area contributed by atoms with Crippen molar-refractivity contribution in [3.63, 3.8) is 0 Å². The zero-order valence-electron chi connectivity index (χ0n) is 28.1. The van der Waals surface area contributed by atoms with Crippen molar-refractivity contribution in [2.24, 2.45) is 0 Å². The molecular formula is C40H46FNO5. The summed E-state index contributed by atoms with van der Waals surface area (Å²) in [5.74, 6) is -0.914. The first-order valence-electron chi connectivity index (χ1n) is 16.1. The van der Waals surface area contributed by atoms with Gasteiger partial charge in [-0.3, -0.25) is 9.69 Å². The summed E-state index contributed by atoms with van der Waals surface area (Å²) in [7, 11) is 2.76. The summed E-state index contributed by atoms with van der Waals surface area (Å²) in [5, 5.41) is 0. The van der Waals surface area contributed by atoms with E-state index in [1.54, 1.807) is 24.3 Å². The minimum atomic E-state index is -0.382. The first-order valence-corrected chi connectivity index (χ1v) is 16.1. The molecule has 0 saturated carbocycles. The molecule has 0 aliphatic heterocycles. The third kappa shape index (κ3) is 10.6. The molecule has 0 bridgehead atoms. The van der Waals surface area contributed by atoms with Crippen LogP contribution in [0.1, 0.15) is 78.7 Å². The minimum absolute atomic E-state index is 0.0496. The third-order valence-electron chi connectivity index (χ3n) is 8.29. The zero-order chi connectivity index (χ0) is 33.8. The Balaban J connectivity index is 1.50. The van der Waals surface area contributed by atoms with E-state index in [2.05, 4.69) is 37.8 Å². The molecule has 7 heteroatoms. The molecule has 0 aliphatic rings. The van der Waals surface area contributed by atoms with Crippen LogP contribution in [0.5, 0.6) is 0 Å². The smallest absolute Gasteiger partial charge is 0.337 e. The Morgan fingerprint density at radius 1 is 0.809 bits per heavy atom. The molecule has 0 unspecified atom stereocenters. The van der Waals surface area contributed by atoms with Crippen LogP contribution in [0, 0.1) is 5.82 Å². The van der Waals surface area contributed by atoms with E-state index in [0.29, 0.717) is 43.6 Å². The molecule has 0 saturated heterocycles. The van der Waals surface area contributed by atoms with Crippen LogP contribution in [0.15, 0.2) is 97.1 Å². The van der Waals surface area contributed by atoms with Crippen LogP contribution in [-0.2, 0) is 37.6 Å². The highest BCUT2D eigenvalue weighted by Crippen LogP contribution is 2.28. The number of unbranched alkanes of at least 4 members (excludes halogenated alkanes) is 1. The maximum absolute atomic E-state index is 15.5. The molecule has 4 rings (SSSR count). The van der Waals surface area contributed by atoms with Crippen LogP contribution in [0.3, 0.4) is 0 Å². The van der Waals surface area contributed by atoms with Crippen molar-refractivity contribution in [3.05, 3.63) is 131 Å². The topological polar surface area (TPSA) is 65.1 Å². The Hall–Kier alpha value is -4.33. The summed E-state index contributed by atoms with van der Waals surface area (Å²) in [5.41, 5.74) is 6.06. The first-order chi connectivity index (χ1) is 22.6. The van der Waals surface area contributed by atoms with E-state index in [-0.39, 0.29) is 35.9 Å². The number of ether oxygens (including phenoxy) is 3. The Labute approximate surface area is 278 Å². The van der Waals surface area contributed by atoms with Crippen LogP contribution in [0.25, 0.3) is 11.1 Å². The van der Waals surface area contributed by atoms with Crippen LogP contribution in [-0.4, -0.2) is 44.1 Å². The minimum Gasteiger partial charge on any atom is -0.469 e. The van der Waals surface area contributed by atoms with Gasteiger partial charge in [-0.25, -0.2) is 9.18 Å². The molecule has 47 heavy (non-hydrogen) atoms. The van der Waals surface area contributed by atoms with Gasteiger partial charge in [0.25, 0.3) is 0 Å². The number of hydrogen-bond donors (Lipinski definition) is 0. The van der Waals surface area contributed by atoms with E-state index < -0.39 is 0 Å². The average molecular weight is 640 g/mol. The molecule has 0 aromatic heterocycles. The van der Waals surface area contributed by atoms with Crippen molar-refractivity contribution in [3.8, 4) is 11.1 Å². The van der Waals surface area contributed by atoms with E-state index in [1.807, 2.05) is 60.7 Å². The monoisotopic (exact) mass is 639 g/mol. The third-order valence-corrected chi connectivity index (χ3v) is 8.29. The van der Waals surface area contributed by atoms with Crippen molar-refractivity contribution in [2.45, 2.75) is 64.7 Å². The highest BCUT2D eigenvalue weighted by Gasteiger charge is 2.20. The summed E-state index contributed by atoms with van der Waals surface area (Å²) < 4.78 is 31.6. The maximum atomic E-state index is 15.5. The quantitative estimate of drug-likeness (QED) is 0.0958. The van der Waals surface area contributed by atoms with Crippen LogP contribution < -0.4 is 0 Å². The SMILES string of the molecule is COC(=O)CCCCN(Cc1ccc(C(=O)OC)cc1)C[C@H](OCc1ccc(-c2ccc(C(C)(C)C)cc2)cc1F)c1ccccc1. The predicted molar refractivity (Wildman–Crippen MR) is 183 cm³/mol. The zero-order valence-corrected chi connectivity index (χ0v) is 28.1. The van der Waals surface area contributed by atoms with Crippen LogP contribution in [0.2, 0.25) is 0 Å². The highest BCUT2D eigenvalue weighted by molar-refractivity contribution is 5.89. The summed E-state index contributed by atoms with van der Waals surface area (Å²) in [6, 6.07) is 30.9. The van der Waals surface area contributed by atoms with Crippen molar-refractivity contribution in [1.29, 1.82) is 0 Å². The second kappa shape index (κ2) is 17.0. The number of rotatable bonds is 15. The van der Waals surface area contributed by atoms with Gasteiger partial charge in [0.15, 0.2) is 0 Å². The van der Waals surface area contributed by atoms with Crippen molar-refractivity contribution >= 4 is 11.9 Å². The molecule has 0 aliphatic carbocycles. The fourth-order valence-corrected chi connectivity index (χ4v) is 5.42. The molecule has 1 atom stereocenters. The highest BCUT2D eigenvalue weighted by atomic mass is 19.1. The number of halogens is 1. The lowest BCUT2D eigenvalue weighted by Gasteiger charge is -2.28. The summed E-state index contributed by atoms with van der Waals surface area (Å²) in [6.07, 6.45) is 1.49. The lowest BCUT2D eigenvalue weighted by atomic mass is 9.86. The standard InChI is InChI=1S/C40H46FNO5/c1-40(2,3)35-22-20-30(21-23-35)33-18-19-34(36(41)25-33)28-47-37(31-11-7-6-8-12-31)27-42(24-10-9-13-38(43)45-4)26-29-14-16-32(17-15-29)39(44)46-5/h6-8,11-12,14-23,25,37H,9-10,13,24,26-28H2,1-5H3/t37-/m0/s1. The molecule has 6 nitrogen and oxygen atoms in total. The van der Waals surface area contributed by atoms with Crippen LogP contribution >= 0.6 is 0 Å². The normalized spacial score (nSPS) is 12.1. The van der Waals surface area contributed by atoms with E-state index in [4.69, 9.17) is 14.2 Å². The fraction of sp³-hybridized carbons (Fsp3) is 0.350. The van der Waals surface area contributed by atoms with Gasteiger partial charge in [0.1, 0.15) is 5.82 Å². The molecule has 0 fully saturated rings. The number of methoxy groups -OCH3 is 2. The average Bonchev–Trinajstić information content (AvgIpc) is 3.08. The lowest BCUT2D eigenvalue weighted by molar-refractivity contribution is -0.140. The van der Waals surface area contributed by atoms with E-state index in [1.165, 1.54) is 19.8 Å². The van der Waals surface area contributed by atoms with Gasteiger partial charge in [0.2, 0.25) is 0 Å². The second-order valence-corrected chi connectivity index (χ2v) is 12.8. The van der Waals surface area contributed by atoms with Crippen LogP contribution in [0.4, 0.5) is 4.39 Å². The van der Waals surface area contributed by atoms with Crippen molar-refractivity contribution < 1.29 is 28.2 Å². The Morgan fingerprint density at radius 2 is 1.49 bits per heavy atom. The largest absolute Gasteiger partial charge is 0.469 e. The molecule has 0 heterocycles. The summed E-state index contributed by atoms with van der Waals surface area (Å²) in [6.45, 7) is 8.48. The van der Waals surface area contributed by atoms with Gasteiger partial charge >= 0.3 is 11.9 Å².